The minimum absolute atomic E-state index is 0.187. The standard InChI is InChI=1S/C8H11NO/c10-8-2-1-6-5-9-4-3-7(6)8/h3,5,8-10H,1-2,4H2. The first kappa shape index (κ1) is 5.98. The van der Waals surface area contributed by atoms with Crippen LogP contribution in [0.2, 0.25) is 0 Å². The lowest BCUT2D eigenvalue weighted by Gasteiger charge is -2.10. The second-order valence-electron chi connectivity index (χ2n) is 2.79. The maximum absolute atomic E-state index is 9.39. The third-order valence-corrected chi connectivity index (χ3v) is 2.13. The van der Waals surface area contributed by atoms with Crippen molar-refractivity contribution < 1.29 is 5.11 Å². The van der Waals surface area contributed by atoms with E-state index in [0.717, 1.165) is 25.0 Å². The Hall–Kier alpha value is -0.760. The number of hydrogen-bond acceptors (Lipinski definition) is 2. The summed E-state index contributed by atoms with van der Waals surface area (Å²) in [7, 11) is 0. The highest BCUT2D eigenvalue weighted by molar-refractivity contribution is 5.40. The van der Waals surface area contributed by atoms with Crippen molar-refractivity contribution in [2.75, 3.05) is 6.54 Å². The van der Waals surface area contributed by atoms with Crippen molar-refractivity contribution in [3.05, 3.63) is 23.4 Å². The zero-order chi connectivity index (χ0) is 6.97. The minimum atomic E-state index is -0.187. The summed E-state index contributed by atoms with van der Waals surface area (Å²) >= 11 is 0. The van der Waals surface area contributed by atoms with Crippen molar-refractivity contribution >= 4 is 0 Å². The van der Waals surface area contributed by atoms with Crippen LogP contribution in [-0.2, 0) is 0 Å². The molecule has 0 aromatic heterocycles. The zero-order valence-corrected chi connectivity index (χ0v) is 5.80. The molecule has 2 aliphatic rings. The van der Waals surface area contributed by atoms with Crippen LogP contribution in [0.3, 0.4) is 0 Å². The molecule has 0 saturated heterocycles. The molecule has 0 bridgehead atoms. The Labute approximate surface area is 60.2 Å². The molecule has 2 N–H and O–H groups in total. The van der Waals surface area contributed by atoms with E-state index in [1.165, 1.54) is 5.57 Å². The highest BCUT2D eigenvalue weighted by atomic mass is 16.3. The third-order valence-electron chi connectivity index (χ3n) is 2.13. The van der Waals surface area contributed by atoms with E-state index in [2.05, 4.69) is 11.4 Å². The molecule has 0 aromatic rings. The molecule has 0 aromatic carbocycles. The number of aliphatic hydroxyl groups is 1. The van der Waals surface area contributed by atoms with E-state index >= 15 is 0 Å². The summed E-state index contributed by atoms with van der Waals surface area (Å²) in [5.41, 5.74) is 2.44. The SMILES string of the molecule is OC1CCC2=CNCC=C21. The molecule has 1 atom stereocenters. The molecular weight excluding hydrogens is 126 g/mol. The summed E-state index contributed by atoms with van der Waals surface area (Å²) in [6.07, 6.45) is 5.84. The number of fused-ring (bicyclic) bond motifs is 1. The molecule has 2 nitrogen and oxygen atoms in total. The second-order valence-corrected chi connectivity index (χ2v) is 2.79. The van der Waals surface area contributed by atoms with Crippen LogP contribution in [0, 0.1) is 0 Å². The molecule has 1 unspecified atom stereocenters. The van der Waals surface area contributed by atoms with Gasteiger partial charge in [-0.3, -0.25) is 0 Å². The molecular formula is C8H11NO. The number of nitrogens with one attached hydrogen (secondary N) is 1. The topological polar surface area (TPSA) is 32.3 Å². The van der Waals surface area contributed by atoms with Gasteiger partial charge >= 0.3 is 0 Å². The Morgan fingerprint density at radius 2 is 2.50 bits per heavy atom. The monoisotopic (exact) mass is 137 g/mol. The van der Waals surface area contributed by atoms with Crippen molar-refractivity contribution in [2.45, 2.75) is 18.9 Å². The summed E-state index contributed by atoms with van der Waals surface area (Å²) in [4.78, 5) is 0. The van der Waals surface area contributed by atoms with E-state index in [-0.39, 0.29) is 6.10 Å². The van der Waals surface area contributed by atoms with Gasteiger partial charge in [-0.25, -0.2) is 0 Å². The minimum Gasteiger partial charge on any atom is -0.388 e. The van der Waals surface area contributed by atoms with Gasteiger partial charge in [0.2, 0.25) is 0 Å². The second kappa shape index (κ2) is 2.13. The van der Waals surface area contributed by atoms with E-state index in [9.17, 15) is 5.11 Å². The zero-order valence-electron chi connectivity index (χ0n) is 5.80. The van der Waals surface area contributed by atoms with Crippen molar-refractivity contribution in [1.29, 1.82) is 0 Å². The lowest BCUT2D eigenvalue weighted by molar-refractivity contribution is 0.218. The molecule has 0 amide bonds. The number of rotatable bonds is 0. The smallest absolute Gasteiger partial charge is 0.0794 e. The number of aliphatic hydroxyl groups excluding tert-OH is 1. The maximum Gasteiger partial charge on any atom is 0.0794 e. The van der Waals surface area contributed by atoms with Gasteiger partial charge in [0.1, 0.15) is 0 Å². The van der Waals surface area contributed by atoms with Crippen LogP contribution >= 0.6 is 0 Å². The van der Waals surface area contributed by atoms with E-state index in [1.807, 2.05) is 6.20 Å². The largest absolute Gasteiger partial charge is 0.388 e. The molecule has 1 saturated carbocycles. The first-order valence-electron chi connectivity index (χ1n) is 3.69. The Morgan fingerprint density at radius 3 is 3.30 bits per heavy atom. The van der Waals surface area contributed by atoms with Crippen LogP contribution in [-0.4, -0.2) is 17.8 Å². The highest BCUT2D eigenvalue weighted by Gasteiger charge is 2.23. The van der Waals surface area contributed by atoms with Crippen molar-refractivity contribution in [2.24, 2.45) is 0 Å². The quantitative estimate of drug-likeness (QED) is 0.511. The summed E-state index contributed by atoms with van der Waals surface area (Å²) < 4.78 is 0. The Balaban J connectivity index is 2.31. The molecule has 0 spiro atoms. The summed E-state index contributed by atoms with van der Waals surface area (Å²) in [6, 6.07) is 0. The molecule has 54 valence electrons. The van der Waals surface area contributed by atoms with Gasteiger partial charge in [0.15, 0.2) is 0 Å². The van der Waals surface area contributed by atoms with Gasteiger partial charge in [0, 0.05) is 12.7 Å². The number of dihydropyridines is 1. The Morgan fingerprint density at radius 1 is 1.60 bits per heavy atom. The van der Waals surface area contributed by atoms with Crippen LogP contribution in [0.15, 0.2) is 23.4 Å². The van der Waals surface area contributed by atoms with E-state index in [0.29, 0.717) is 0 Å². The number of hydrogen-bond donors (Lipinski definition) is 2. The highest BCUT2D eigenvalue weighted by Crippen LogP contribution is 2.31. The third kappa shape index (κ3) is 0.762. The fraction of sp³-hybridized carbons (Fsp3) is 0.500. The fourth-order valence-electron chi connectivity index (χ4n) is 1.58. The molecule has 2 rings (SSSR count). The first-order chi connectivity index (χ1) is 4.88. The van der Waals surface area contributed by atoms with E-state index < -0.39 is 0 Å². The van der Waals surface area contributed by atoms with Gasteiger partial charge < -0.3 is 10.4 Å². The normalized spacial score (nSPS) is 30.3. The molecule has 10 heavy (non-hydrogen) atoms. The van der Waals surface area contributed by atoms with E-state index in [1.54, 1.807) is 0 Å². The molecule has 1 aliphatic carbocycles. The van der Waals surface area contributed by atoms with Gasteiger partial charge in [0.05, 0.1) is 6.10 Å². The summed E-state index contributed by atoms with van der Waals surface area (Å²) in [5.74, 6) is 0. The Kier molecular flexibility index (Phi) is 1.27. The van der Waals surface area contributed by atoms with Crippen LogP contribution < -0.4 is 5.32 Å². The molecule has 1 fully saturated rings. The molecule has 2 heteroatoms. The van der Waals surface area contributed by atoms with Crippen LogP contribution in [0.1, 0.15) is 12.8 Å². The van der Waals surface area contributed by atoms with Crippen molar-refractivity contribution in [1.82, 2.24) is 5.32 Å². The first-order valence-corrected chi connectivity index (χ1v) is 3.69. The van der Waals surface area contributed by atoms with Crippen LogP contribution in [0.5, 0.6) is 0 Å². The summed E-state index contributed by atoms with van der Waals surface area (Å²) in [6.45, 7) is 0.871. The van der Waals surface area contributed by atoms with Gasteiger partial charge in [-0.05, 0) is 24.0 Å². The van der Waals surface area contributed by atoms with Crippen molar-refractivity contribution in [3.63, 3.8) is 0 Å². The molecule has 1 aliphatic heterocycles. The lowest BCUT2D eigenvalue weighted by Crippen LogP contribution is -2.14. The average Bonchev–Trinajstić information content (AvgIpc) is 2.34. The van der Waals surface area contributed by atoms with Gasteiger partial charge in [-0.2, -0.15) is 0 Å². The van der Waals surface area contributed by atoms with Gasteiger partial charge in [-0.1, -0.05) is 6.08 Å². The lowest BCUT2D eigenvalue weighted by atomic mass is 10.1. The predicted molar refractivity (Wildman–Crippen MR) is 39.4 cm³/mol. The van der Waals surface area contributed by atoms with Crippen LogP contribution in [0.4, 0.5) is 0 Å². The maximum atomic E-state index is 9.39. The van der Waals surface area contributed by atoms with E-state index in [4.69, 9.17) is 0 Å². The molecule has 1 heterocycles. The van der Waals surface area contributed by atoms with Crippen LogP contribution in [0.25, 0.3) is 0 Å². The fourth-order valence-corrected chi connectivity index (χ4v) is 1.58. The van der Waals surface area contributed by atoms with Gasteiger partial charge in [0.25, 0.3) is 0 Å². The summed E-state index contributed by atoms with van der Waals surface area (Å²) in [5, 5.41) is 12.5. The predicted octanol–water partition coefficient (Wildman–Crippen LogP) is 0.555. The van der Waals surface area contributed by atoms with Gasteiger partial charge in [-0.15, -0.1) is 0 Å². The van der Waals surface area contributed by atoms with Crippen molar-refractivity contribution in [3.8, 4) is 0 Å². The average molecular weight is 137 g/mol. The molecule has 0 radical (unpaired) electrons. The Bertz CT molecular complexity index is 205.